The minimum Gasteiger partial charge on any atom is -0.455 e. The minimum atomic E-state index is -3.84. The molecule has 0 spiro atoms. The van der Waals surface area contributed by atoms with Gasteiger partial charge in [-0.05, 0) is 23.6 Å². The molecule has 27 heavy (non-hydrogen) atoms. The molecule has 12 heteroatoms. The molecule has 0 saturated carbocycles. The lowest BCUT2D eigenvalue weighted by Gasteiger charge is -2.11. The highest BCUT2D eigenvalue weighted by Gasteiger charge is 2.18. The van der Waals surface area contributed by atoms with E-state index in [1.165, 1.54) is 36.4 Å². The largest absolute Gasteiger partial charge is 0.455 e. The summed E-state index contributed by atoms with van der Waals surface area (Å²) in [5.41, 5.74) is -0.0303. The van der Waals surface area contributed by atoms with Gasteiger partial charge in [0.2, 0.25) is 0 Å². The summed E-state index contributed by atoms with van der Waals surface area (Å²) in [4.78, 5) is 23.4. The monoisotopic (exact) mass is 420 g/mol. The number of carbonyl (C=O) groups excluding carboxylic acids is 2. The zero-order valence-corrected chi connectivity index (χ0v) is 15.2. The van der Waals surface area contributed by atoms with Crippen molar-refractivity contribution in [2.24, 2.45) is 0 Å². The van der Waals surface area contributed by atoms with E-state index in [9.17, 15) is 26.8 Å². The summed E-state index contributed by atoms with van der Waals surface area (Å²) in [5, 5.41) is 3.82. The molecule has 0 fully saturated rings. The van der Waals surface area contributed by atoms with E-state index >= 15 is 0 Å². The van der Waals surface area contributed by atoms with Crippen molar-refractivity contribution in [2.75, 3.05) is 18.5 Å². The van der Waals surface area contributed by atoms with E-state index in [2.05, 4.69) is 14.8 Å². The summed E-state index contributed by atoms with van der Waals surface area (Å²) in [6.07, 6.45) is 0. The number of halogens is 2. The van der Waals surface area contributed by atoms with Gasteiger partial charge in [-0.1, -0.05) is 18.2 Å². The third-order valence-electron chi connectivity index (χ3n) is 2.91. The highest BCUT2D eigenvalue weighted by atomic mass is 32.2. The number of anilines is 1. The number of rotatable bonds is 9. The molecule has 0 aliphatic carbocycles. The van der Waals surface area contributed by atoms with Crippen LogP contribution in [0.4, 0.5) is 14.5 Å². The Hall–Kier alpha value is -2.57. The maximum absolute atomic E-state index is 12.3. The van der Waals surface area contributed by atoms with Gasteiger partial charge in [-0.2, -0.15) is 13.5 Å². The lowest BCUT2D eigenvalue weighted by Crippen LogP contribution is -2.32. The average molecular weight is 420 g/mol. The zero-order valence-electron chi connectivity index (χ0n) is 13.6. The number of hydrogen-bond acceptors (Lipinski definition) is 7. The molecule has 2 rings (SSSR count). The van der Waals surface area contributed by atoms with E-state index < -0.39 is 41.7 Å². The second-order valence-electron chi connectivity index (χ2n) is 4.84. The van der Waals surface area contributed by atoms with Crippen LogP contribution in [0.1, 0.15) is 0 Å². The molecule has 2 N–H and O–H groups in total. The van der Waals surface area contributed by atoms with Gasteiger partial charge in [-0.15, -0.1) is 11.3 Å². The summed E-state index contributed by atoms with van der Waals surface area (Å²) in [6, 6.07) is 8.38. The van der Waals surface area contributed by atoms with Gasteiger partial charge in [0, 0.05) is 0 Å². The average Bonchev–Trinajstić information content (AvgIpc) is 3.15. The summed E-state index contributed by atoms with van der Waals surface area (Å²) in [5.74, 6) is -2.05. The molecule has 0 bridgehead atoms. The number of esters is 1. The van der Waals surface area contributed by atoms with Crippen LogP contribution in [0.5, 0.6) is 5.75 Å². The Balaban J connectivity index is 1.81. The maximum Gasteiger partial charge on any atom is 0.387 e. The van der Waals surface area contributed by atoms with E-state index in [0.29, 0.717) is 0 Å². The second kappa shape index (κ2) is 9.39. The number of thiophene rings is 1. The van der Waals surface area contributed by atoms with Crippen LogP contribution < -0.4 is 14.8 Å². The number of benzene rings is 1. The molecule has 0 aliphatic heterocycles. The lowest BCUT2D eigenvalue weighted by atomic mass is 10.3. The van der Waals surface area contributed by atoms with Gasteiger partial charge < -0.3 is 14.8 Å². The topological polar surface area (TPSA) is 111 Å². The first-order valence-corrected chi connectivity index (χ1v) is 9.66. The molecule has 146 valence electrons. The van der Waals surface area contributed by atoms with Crippen molar-refractivity contribution in [1.82, 2.24) is 4.72 Å². The quantitative estimate of drug-likeness (QED) is 0.599. The Morgan fingerprint density at radius 2 is 1.89 bits per heavy atom. The van der Waals surface area contributed by atoms with Crippen molar-refractivity contribution in [3.05, 3.63) is 41.8 Å². The zero-order chi connectivity index (χ0) is 19.9. The first-order chi connectivity index (χ1) is 12.8. The molecular weight excluding hydrogens is 406 g/mol. The van der Waals surface area contributed by atoms with Gasteiger partial charge in [0.05, 0.1) is 5.69 Å². The summed E-state index contributed by atoms with van der Waals surface area (Å²) >= 11 is 0.975. The van der Waals surface area contributed by atoms with Crippen molar-refractivity contribution < 1.29 is 36.3 Å². The summed E-state index contributed by atoms with van der Waals surface area (Å²) in [6.45, 7) is -4.47. The molecule has 0 saturated heterocycles. The van der Waals surface area contributed by atoms with E-state index in [1.54, 1.807) is 5.38 Å². The van der Waals surface area contributed by atoms with Crippen LogP contribution >= 0.6 is 11.3 Å². The van der Waals surface area contributed by atoms with E-state index in [-0.39, 0.29) is 15.6 Å². The first kappa shape index (κ1) is 20.7. The summed E-state index contributed by atoms with van der Waals surface area (Å²) in [7, 11) is -3.84. The molecule has 0 atom stereocenters. The van der Waals surface area contributed by atoms with Crippen molar-refractivity contribution in [3.63, 3.8) is 0 Å². The predicted molar refractivity (Wildman–Crippen MR) is 92.2 cm³/mol. The Kier molecular flexibility index (Phi) is 7.21. The number of amides is 1. The van der Waals surface area contributed by atoms with Gasteiger partial charge in [-0.25, -0.2) is 8.42 Å². The Bertz CT molecular complexity index is 887. The molecule has 8 nitrogen and oxygen atoms in total. The number of hydrogen-bond donors (Lipinski definition) is 2. The lowest BCUT2D eigenvalue weighted by molar-refractivity contribution is -0.146. The van der Waals surface area contributed by atoms with Gasteiger partial charge in [0.25, 0.3) is 15.9 Å². The van der Waals surface area contributed by atoms with Crippen LogP contribution in [0, 0.1) is 0 Å². The fraction of sp³-hybridized carbons (Fsp3) is 0.200. The fourth-order valence-corrected chi connectivity index (χ4v) is 3.80. The standard InChI is InChI=1S/C15H14F2N2O6S2/c16-15(17)25-11-5-2-1-4-10(11)19-12(20)9-24-13(21)8-18-27(22,23)14-6-3-7-26-14/h1-7,15,18H,8-9H2,(H,19,20). The first-order valence-electron chi connectivity index (χ1n) is 7.30. The molecule has 0 aliphatic rings. The summed E-state index contributed by atoms with van der Waals surface area (Å²) < 4.78 is 59.3. The maximum atomic E-state index is 12.3. The minimum absolute atomic E-state index is 0.0303. The number of sulfonamides is 1. The molecule has 0 radical (unpaired) electrons. The van der Waals surface area contributed by atoms with Crippen molar-refractivity contribution in [1.29, 1.82) is 0 Å². The number of para-hydroxylation sites is 2. The second-order valence-corrected chi connectivity index (χ2v) is 7.78. The van der Waals surface area contributed by atoms with E-state index in [1.807, 2.05) is 4.72 Å². The number of carbonyl (C=O) groups is 2. The molecule has 1 amide bonds. The van der Waals surface area contributed by atoms with E-state index in [4.69, 9.17) is 0 Å². The van der Waals surface area contributed by atoms with Gasteiger partial charge in [0.15, 0.2) is 6.61 Å². The Morgan fingerprint density at radius 1 is 1.15 bits per heavy atom. The number of ether oxygens (including phenoxy) is 2. The van der Waals surface area contributed by atoms with Crippen LogP contribution in [0.15, 0.2) is 46.0 Å². The fourth-order valence-electron chi connectivity index (χ4n) is 1.79. The molecule has 1 heterocycles. The van der Waals surface area contributed by atoms with Crippen LogP contribution in [-0.2, 0) is 24.3 Å². The van der Waals surface area contributed by atoms with Crippen LogP contribution in [-0.4, -0.2) is 40.1 Å². The number of alkyl halides is 2. The highest BCUT2D eigenvalue weighted by Crippen LogP contribution is 2.25. The van der Waals surface area contributed by atoms with Gasteiger partial charge in [-0.3, -0.25) is 9.59 Å². The van der Waals surface area contributed by atoms with Gasteiger partial charge in [0.1, 0.15) is 16.5 Å². The number of nitrogens with one attached hydrogen (secondary N) is 2. The normalized spacial score (nSPS) is 11.2. The molecule has 2 aromatic rings. The predicted octanol–water partition coefficient (Wildman–Crippen LogP) is 1.81. The molecule has 0 unspecified atom stereocenters. The Morgan fingerprint density at radius 3 is 2.56 bits per heavy atom. The third kappa shape index (κ3) is 6.58. The molecule has 1 aromatic carbocycles. The van der Waals surface area contributed by atoms with Crippen molar-refractivity contribution >= 4 is 38.9 Å². The highest BCUT2D eigenvalue weighted by molar-refractivity contribution is 7.91. The van der Waals surface area contributed by atoms with Crippen molar-refractivity contribution in [3.8, 4) is 5.75 Å². The van der Waals surface area contributed by atoms with Crippen LogP contribution in [0.25, 0.3) is 0 Å². The third-order valence-corrected chi connectivity index (χ3v) is 5.71. The van der Waals surface area contributed by atoms with Gasteiger partial charge >= 0.3 is 12.6 Å². The Labute approximate surface area is 157 Å². The van der Waals surface area contributed by atoms with E-state index in [0.717, 1.165) is 11.3 Å². The molecular formula is C15H14F2N2O6S2. The molecule has 1 aromatic heterocycles. The van der Waals surface area contributed by atoms with Crippen molar-refractivity contribution in [2.45, 2.75) is 10.8 Å². The SMILES string of the molecule is O=C(COC(=O)CNS(=O)(=O)c1cccs1)Nc1ccccc1OC(F)F. The van der Waals surface area contributed by atoms with Crippen LogP contribution in [0.3, 0.4) is 0 Å². The smallest absolute Gasteiger partial charge is 0.387 e. The van der Waals surface area contributed by atoms with Crippen LogP contribution in [0.2, 0.25) is 0 Å².